The molecule has 0 aromatic carbocycles. The number of rotatable bonds is 3. The van der Waals surface area contributed by atoms with Crippen LogP contribution in [-0.2, 0) is 0 Å². The zero-order valence-corrected chi connectivity index (χ0v) is 7.81. The van der Waals surface area contributed by atoms with Crippen LogP contribution in [0.15, 0.2) is 0 Å². The standard InChI is InChI=1S/C9H17NO/c1-5-8(3,7-10)9(4,11)6-2/h11H,5-6H2,1-4H3. The highest BCUT2D eigenvalue weighted by Crippen LogP contribution is 2.35. The molecule has 0 aliphatic rings. The van der Waals surface area contributed by atoms with Gasteiger partial charge in [-0.15, -0.1) is 0 Å². The molecule has 0 rings (SSSR count). The quantitative estimate of drug-likeness (QED) is 0.678. The zero-order valence-electron chi connectivity index (χ0n) is 7.81. The average Bonchev–Trinajstić information content (AvgIpc) is 2.02. The molecule has 2 heteroatoms. The van der Waals surface area contributed by atoms with E-state index in [0.29, 0.717) is 12.8 Å². The summed E-state index contributed by atoms with van der Waals surface area (Å²) in [6, 6.07) is 2.17. The van der Waals surface area contributed by atoms with Crippen molar-refractivity contribution in [1.82, 2.24) is 0 Å². The Morgan fingerprint density at radius 1 is 1.27 bits per heavy atom. The van der Waals surface area contributed by atoms with E-state index >= 15 is 0 Å². The molecule has 0 spiro atoms. The van der Waals surface area contributed by atoms with Crippen LogP contribution in [0.25, 0.3) is 0 Å². The second kappa shape index (κ2) is 3.23. The summed E-state index contributed by atoms with van der Waals surface area (Å²) in [6.45, 7) is 7.34. The van der Waals surface area contributed by atoms with Crippen LogP contribution in [0.2, 0.25) is 0 Å². The third-order valence-corrected chi connectivity index (χ3v) is 2.83. The van der Waals surface area contributed by atoms with E-state index in [9.17, 15) is 5.11 Å². The second-order valence-corrected chi connectivity index (χ2v) is 3.42. The number of nitriles is 1. The van der Waals surface area contributed by atoms with Crippen molar-refractivity contribution in [2.45, 2.75) is 46.1 Å². The summed E-state index contributed by atoms with van der Waals surface area (Å²) in [4.78, 5) is 0. The van der Waals surface area contributed by atoms with Crippen molar-refractivity contribution in [2.75, 3.05) is 0 Å². The Hall–Kier alpha value is -0.550. The van der Waals surface area contributed by atoms with E-state index in [2.05, 4.69) is 6.07 Å². The van der Waals surface area contributed by atoms with Gasteiger partial charge in [-0.25, -0.2) is 0 Å². The molecule has 0 aromatic rings. The molecule has 11 heavy (non-hydrogen) atoms. The van der Waals surface area contributed by atoms with E-state index in [1.54, 1.807) is 13.8 Å². The predicted molar refractivity (Wildman–Crippen MR) is 44.9 cm³/mol. The summed E-state index contributed by atoms with van der Waals surface area (Å²) in [7, 11) is 0. The number of aliphatic hydroxyl groups is 1. The van der Waals surface area contributed by atoms with Gasteiger partial charge in [0.1, 0.15) is 0 Å². The molecule has 1 N–H and O–H groups in total. The predicted octanol–water partition coefficient (Wildman–Crippen LogP) is 2.09. The minimum atomic E-state index is -0.865. The van der Waals surface area contributed by atoms with Crippen LogP contribution in [0.3, 0.4) is 0 Å². The SMILES string of the molecule is CCC(C)(O)C(C)(C#N)CC. The van der Waals surface area contributed by atoms with Crippen LogP contribution in [0.5, 0.6) is 0 Å². The maximum absolute atomic E-state index is 9.82. The van der Waals surface area contributed by atoms with Gasteiger partial charge in [0.25, 0.3) is 0 Å². The molecule has 0 saturated carbocycles. The van der Waals surface area contributed by atoms with E-state index in [-0.39, 0.29) is 0 Å². The van der Waals surface area contributed by atoms with Gasteiger partial charge >= 0.3 is 0 Å². The monoisotopic (exact) mass is 155 g/mol. The van der Waals surface area contributed by atoms with Crippen LogP contribution in [-0.4, -0.2) is 10.7 Å². The van der Waals surface area contributed by atoms with Crippen molar-refractivity contribution < 1.29 is 5.11 Å². The molecule has 64 valence electrons. The Labute approximate surface area is 68.8 Å². The molecule has 2 nitrogen and oxygen atoms in total. The first-order chi connectivity index (χ1) is 4.93. The van der Waals surface area contributed by atoms with Gasteiger partial charge in [-0.05, 0) is 26.7 Å². The van der Waals surface area contributed by atoms with Crippen molar-refractivity contribution >= 4 is 0 Å². The fraction of sp³-hybridized carbons (Fsp3) is 0.889. The summed E-state index contributed by atoms with van der Waals surface area (Å²) in [5, 5.41) is 18.7. The summed E-state index contributed by atoms with van der Waals surface area (Å²) in [5.74, 6) is 0. The van der Waals surface area contributed by atoms with Crippen LogP contribution < -0.4 is 0 Å². The first-order valence-corrected chi connectivity index (χ1v) is 4.07. The summed E-state index contributed by atoms with van der Waals surface area (Å²) in [5.41, 5.74) is -1.47. The van der Waals surface area contributed by atoms with Crippen LogP contribution in [0.1, 0.15) is 40.5 Å². The van der Waals surface area contributed by atoms with E-state index in [0.717, 1.165) is 0 Å². The second-order valence-electron chi connectivity index (χ2n) is 3.42. The molecule has 0 bridgehead atoms. The topological polar surface area (TPSA) is 44.0 Å². The number of hydrogen-bond acceptors (Lipinski definition) is 2. The summed E-state index contributed by atoms with van der Waals surface area (Å²) < 4.78 is 0. The molecule has 0 aromatic heterocycles. The van der Waals surface area contributed by atoms with Gasteiger partial charge in [0.05, 0.1) is 17.1 Å². The number of nitrogens with zero attached hydrogens (tertiary/aromatic N) is 1. The van der Waals surface area contributed by atoms with Gasteiger partial charge < -0.3 is 5.11 Å². The Morgan fingerprint density at radius 2 is 1.73 bits per heavy atom. The highest BCUT2D eigenvalue weighted by molar-refractivity contribution is 5.05. The van der Waals surface area contributed by atoms with Crippen molar-refractivity contribution in [1.29, 1.82) is 5.26 Å². The highest BCUT2D eigenvalue weighted by atomic mass is 16.3. The molecule has 0 radical (unpaired) electrons. The van der Waals surface area contributed by atoms with Gasteiger partial charge in [0.2, 0.25) is 0 Å². The summed E-state index contributed by atoms with van der Waals surface area (Å²) in [6.07, 6.45) is 1.30. The minimum absolute atomic E-state index is 0.609. The zero-order chi connectivity index (χ0) is 9.12. The molecule has 0 aliphatic carbocycles. The molecule has 0 heterocycles. The van der Waals surface area contributed by atoms with E-state index in [4.69, 9.17) is 5.26 Å². The minimum Gasteiger partial charge on any atom is -0.389 e. The van der Waals surface area contributed by atoms with Gasteiger partial charge in [-0.2, -0.15) is 5.26 Å². The summed E-state index contributed by atoms with van der Waals surface area (Å²) >= 11 is 0. The lowest BCUT2D eigenvalue weighted by Gasteiger charge is -2.35. The smallest absolute Gasteiger partial charge is 0.0826 e. The number of hydrogen-bond donors (Lipinski definition) is 1. The Kier molecular flexibility index (Phi) is 3.07. The third-order valence-electron chi connectivity index (χ3n) is 2.83. The molecule has 2 atom stereocenters. The average molecular weight is 155 g/mol. The van der Waals surface area contributed by atoms with E-state index in [1.807, 2.05) is 13.8 Å². The molecule has 2 unspecified atom stereocenters. The van der Waals surface area contributed by atoms with Gasteiger partial charge in [0, 0.05) is 0 Å². The van der Waals surface area contributed by atoms with Crippen molar-refractivity contribution in [3.8, 4) is 6.07 Å². The lowest BCUT2D eigenvalue weighted by Crippen LogP contribution is -2.41. The van der Waals surface area contributed by atoms with Crippen molar-refractivity contribution in [3.63, 3.8) is 0 Å². The first-order valence-electron chi connectivity index (χ1n) is 4.07. The van der Waals surface area contributed by atoms with Crippen LogP contribution >= 0.6 is 0 Å². The molecule has 0 saturated heterocycles. The third kappa shape index (κ3) is 1.72. The fourth-order valence-corrected chi connectivity index (χ4v) is 0.970. The largest absolute Gasteiger partial charge is 0.389 e. The van der Waals surface area contributed by atoms with Crippen LogP contribution in [0, 0.1) is 16.7 Å². The molecular formula is C9H17NO. The maximum atomic E-state index is 9.82. The Morgan fingerprint density at radius 3 is 1.82 bits per heavy atom. The normalized spacial score (nSPS) is 21.5. The Bertz CT molecular complexity index is 169. The fourth-order valence-electron chi connectivity index (χ4n) is 0.970. The van der Waals surface area contributed by atoms with Crippen molar-refractivity contribution in [2.24, 2.45) is 5.41 Å². The first kappa shape index (κ1) is 10.4. The van der Waals surface area contributed by atoms with E-state index < -0.39 is 11.0 Å². The lowest BCUT2D eigenvalue weighted by molar-refractivity contribution is -0.0352. The maximum Gasteiger partial charge on any atom is 0.0826 e. The Balaban J connectivity index is 4.65. The van der Waals surface area contributed by atoms with E-state index in [1.165, 1.54) is 0 Å². The lowest BCUT2D eigenvalue weighted by atomic mass is 9.72. The van der Waals surface area contributed by atoms with Crippen molar-refractivity contribution in [3.05, 3.63) is 0 Å². The highest BCUT2D eigenvalue weighted by Gasteiger charge is 2.40. The van der Waals surface area contributed by atoms with Gasteiger partial charge in [-0.3, -0.25) is 0 Å². The van der Waals surface area contributed by atoms with Crippen LogP contribution in [0.4, 0.5) is 0 Å². The van der Waals surface area contributed by atoms with Gasteiger partial charge in [0.15, 0.2) is 0 Å². The van der Waals surface area contributed by atoms with Gasteiger partial charge in [-0.1, -0.05) is 13.8 Å². The molecular weight excluding hydrogens is 138 g/mol. The molecule has 0 amide bonds. The molecule has 0 fully saturated rings. The molecule has 0 aliphatic heterocycles.